The Morgan fingerprint density at radius 1 is 1.41 bits per heavy atom. The van der Waals surface area contributed by atoms with Crippen molar-refractivity contribution >= 4 is 5.91 Å². The second-order valence-corrected chi connectivity index (χ2v) is 4.18. The molecule has 0 bridgehead atoms. The van der Waals surface area contributed by atoms with Crippen LogP contribution in [-0.4, -0.2) is 23.7 Å². The lowest BCUT2D eigenvalue weighted by molar-refractivity contribution is -0.123. The van der Waals surface area contributed by atoms with Gasteiger partial charge in [0.2, 0.25) is 5.91 Å². The molecule has 0 aliphatic heterocycles. The maximum absolute atomic E-state index is 11.8. The summed E-state index contributed by atoms with van der Waals surface area (Å²) in [5.41, 5.74) is 7.76. The molecule has 1 aromatic rings. The highest BCUT2D eigenvalue weighted by Gasteiger charge is 2.18. The number of nitrogens with two attached hydrogens (primary N) is 1. The van der Waals surface area contributed by atoms with Crippen LogP contribution in [0.2, 0.25) is 0 Å². The van der Waals surface area contributed by atoms with Gasteiger partial charge >= 0.3 is 0 Å². The van der Waals surface area contributed by atoms with Crippen LogP contribution in [0.4, 0.5) is 0 Å². The Morgan fingerprint density at radius 2 is 2.00 bits per heavy atom. The molecular formula is C13H20N2O2. The highest BCUT2D eigenvalue weighted by Crippen LogP contribution is 2.11. The zero-order valence-corrected chi connectivity index (χ0v) is 10.3. The van der Waals surface area contributed by atoms with Gasteiger partial charge in [0.25, 0.3) is 0 Å². The van der Waals surface area contributed by atoms with Gasteiger partial charge in [0.05, 0.1) is 12.6 Å². The molecule has 4 N–H and O–H groups in total. The molecule has 1 rings (SSSR count). The van der Waals surface area contributed by atoms with E-state index in [4.69, 9.17) is 10.8 Å². The predicted molar refractivity (Wildman–Crippen MR) is 67.4 cm³/mol. The van der Waals surface area contributed by atoms with Gasteiger partial charge in [-0.3, -0.25) is 4.79 Å². The lowest BCUT2D eigenvalue weighted by Gasteiger charge is -2.18. The molecule has 2 atom stereocenters. The summed E-state index contributed by atoms with van der Waals surface area (Å²) in [6.45, 7) is 3.82. The van der Waals surface area contributed by atoms with Crippen molar-refractivity contribution in [3.05, 3.63) is 35.4 Å². The first kappa shape index (κ1) is 13.7. The van der Waals surface area contributed by atoms with Crippen LogP contribution in [0, 0.1) is 6.92 Å². The molecule has 4 nitrogen and oxygen atoms in total. The number of carbonyl (C=O) groups is 1. The van der Waals surface area contributed by atoms with E-state index in [0.29, 0.717) is 6.42 Å². The van der Waals surface area contributed by atoms with Gasteiger partial charge in [-0.05, 0) is 18.9 Å². The summed E-state index contributed by atoms with van der Waals surface area (Å²) in [5.74, 6) is -0.255. The molecule has 0 radical (unpaired) electrons. The van der Waals surface area contributed by atoms with Crippen LogP contribution in [0.3, 0.4) is 0 Å². The molecule has 4 heteroatoms. The molecule has 0 spiro atoms. The SMILES string of the molecule is CC[C@@H](CO)NC(=O)C(N)c1ccc(C)cc1. The molecule has 0 aromatic heterocycles. The van der Waals surface area contributed by atoms with Crippen LogP contribution in [0.15, 0.2) is 24.3 Å². The van der Waals surface area contributed by atoms with Crippen molar-refractivity contribution < 1.29 is 9.90 Å². The average Bonchev–Trinajstić information content (AvgIpc) is 2.35. The molecule has 94 valence electrons. The summed E-state index contributed by atoms with van der Waals surface area (Å²) >= 11 is 0. The van der Waals surface area contributed by atoms with Gasteiger partial charge in [0.15, 0.2) is 0 Å². The van der Waals surface area contributed by atoms with E-state index in [2.05, 4.69) is 5.32 Å². The van der Waals surface area contributed by atoms with Crippen LogP contribution in [0.5, 0.6) is 0 Å². The Hall–Kier alpha value is -1.39. The fourth-order valence-corrected chi connectivity index (χ4v) is 1.49. The fraction of sp³-hybridized carbons (Fsp3) is 0.462. The molecule has 0 aliphatic carbocycles. The summed E-state index contributed by atoms with van der Waals surface area (Å²) in [7, 11) is 0. The van der Waals surface area contributed by atoms with Gasteiger partial charge in [-0.2, -0.15) is 0 Å². The number of carbonyl (C=O) groups excluding carboxylic acids is 1. The Balaban J connectivity index is 2.66. The van der Waals surface area contributed by atoms with Gasteiger partial charge in [-0.1, -0.05) is 36.8 Å². The number of aryl methyl sites for hydroxylation is 1. The number of amides is 1. The van der Waals surface area contributed by atoms with Gasteiger partial charge in [0.1, 0.15) is 6.04 Å². The van der Waals surface area contributed by atoms with Crippen molar-refractivity contribution in [2.45, 2.75) is 32.4 Å². The monoisotopic (exact) mass is 236 g/mol. The lowest BCUT2D eigenvalue weighted by Crippen LogP contribution is -2.42. The van der Waals surface area contributed by atoms with Crippen LogP contribution in [-0.2, 0) is 4.79 Å². The summed E-state index contributed by atoms with van der Waals surface area (Å²) in [6, 6.07) is 6.63. The van der Waals surface area contributed by atoms with Crippen LogP contribution >= 0.6 is 0 Å². The van der Waals surface area contributed by atoms with Crippen molar-refractivity contribution in [1.82, 2.24) is 5.32 Å². The Bertz CT molecular complexity index is 358. The normalized spacial score (nSPS) is 14.1. The molecule has 0 saturated heterocycles. The summed E-state index contributed by atoms with van der Waals surface area (Å²) < 4.78 is 0. The Morgan fingerprint density at radius 3 is 2.47 bits per heavy atom. The number of rotatable bonds is 5. The van der Waals surface area contributed by atoms with Crippen molar-refractivity contribution in [1.29, 1.82) is 0 Å². The number of hydrogen-bond acceptors (Lipinski definition) is 3. The third-order valence-corrected chi connectivity index (χ3v) is 2.78. The van der Waals surface area contributed by atoms with E-state index in [9.17, 15) is 4.79 Å². The zero-order chi connectivity index (χ0) is 12.8. The minimum Gasteiger partial charge on any atom is -0.394 e. The van der Waals surface area contributed by atoms with Gasteiger partial charge < -0.3 is 16.2 Å². The molecule has 0 fully saturated rings. The van der Waals surface area contributed by atoms with E-state index >= 15 is 0 Å². The van der Waals surface area contributed by atoms with E-state index in [1.807, 2.05) is 38.1 Å². The number of benzene rings is 1. The molecule has 0 aliphatic rings. The predicted octanol–water partition coefficient (Wildman–Crippen LogP) is 0.882. The van der Waals surface area contributed by atoms with Gasteiger partial charge in [-0.25, -0.2) is 0 Å². The number of aliphatic hydroxyl groups excluding tert-OH is 1. The summed E-state index contributed by atoms with van der Waals surface area (Å²) in [4.78, 5) is 11.8. The molecule has 1 amide bonds. The first-order valence-corrected chi connectivity index (χ1v) is 5.81. The van der Waals surface area contributed by atoms with Crippen LogP contribution in [0.25, 0.3) is 0 Å². The lowest BCUT2D eigenvalue weighted by atomic mass is 10.0. The summed E-state index contributed by atoms with van der Waals surface area (Å²) in [6.07, 6.45) is 0.683. The largest absolute Gasteiger partial charge is 0.394 e. The Kier molecular flexibility index (Phi) is 5.12. The highest BCUT2D eigenvalue weighted by atomic mass is 16.3. The standard InChI is InChI=1S/C13H20N2O2/c1-3-11(8-16)15-13(17)12(14)10-6-4-9(2)5-7-10/h4-7,11-12,16H,3,8,14H2,1-2H3,(H,15,17)/t11-,12?/m0/s1. The smallest absolute Gasteiger partial charge is 0.241 e. The molecule has 17 heavy (non-hydrogen) atoms. The minimum atomic E-state index is -0.684. The van der Waals surface area contributed by atoms with E-state index in [-0.39, 0.29) is 18.6 Å². The quantitative estimate of drug-likeness (QED) is 0.710. The third kappa shape index (κ3) is 3.84. The fourth-order valence-electron chi connectivity index (χ4n) is 1.49. The maximum atomic E-state index is 11.8. The van der Waals surface area contributed by atoms with Crippen molar-refractivity contribution in [3.8, 4) is 0 Å². The number of aliphatic hydroxyl groups is 1. The zero-order valence-electron chi connectivity index (χ0n) is 10.3. The number of hydrogen-bond donors (Lipinski definition) is 3. The average molecular weight is 236 g/mol. The van der Waals surface area contributed by atoms with Crippen LogP contribution in [0.1, 0.15) is 30.5 Å². The Labute approximate surface area is 102 Å². The molecule has 1 unspecified atom stereocenters. The van der Waals surface area contributed by atoms with E-state index in [0.717, 1.165) is 11.1 Å². The van der Waals surface area contributed by atoms with E-state index in [1.54, 1.807) is 0 Å². The molecule has 1 aromatic carbocycles. The van der Waals surface area contributed by atoms with Crippen molar-refractivity contribution in [3.63, 3.8) is 0 Å². The van der Waals surface area contributed by atoms with Crippen LogP contribution < -0.4 is 11.1 Å². The second-order valence-electron chi connectivity index (χ2n) is 4.18. The second kappa shape index (κ2) is 6.37. The maximum Gasteiger partial charge on any atom is 0.241 e. The van der Waals surface area contributed by atoms with Gasteiger partial charge in [-0.15, -0.1) is 0 Å². The summed E-state index contributed by atoms with van der Waals surface area (Å²) in [5, 5.41) is 11.7. The van der Waals surface area contributed by atoms with Crippen molar-refractivity contribution in [2.24, 2.45) is 5.73 Å². The minimum absolute atomic E-state index is 0.0666. The molecule has 0 heterocycles. The molecule has 0 saturated carbocycles. The van der Waals surface area contributed by atoms with Gasteiger partial charge in [0, 0.05) is 0 Å². The van der Waals surface area contributed by atoms with E-state index < -0.39 is 6.04 Å². The van der Waals surface area contributed by atoms with E-state index in [1.165, 1.54) is 0 Å². The topological polar surface area (TPSA) is 75.3 Å². The third-order valence-electron chi connectivity index (χ3n) is 2.78. The van der Waals surface area contributed by atoms with Crippen molar-refractivity contribution in [2.75, 3.05) is 6.61 Å². The first-order chi connectivity index (χ1) is 8.08. The first-order valence-electron chi connectivity index (χ1n) is 5.81. The highest BCUT2D eigenvalue weighted by molar-refractivity contribution is 5.83. The number of nitrogens with one attached hydrogen (secondary N) is 1. The molecular weight excluding hydrogens is 216 g/mol.